The molecule has 0 saturated heterocycles. The highest BCUT2D eigenvalue weighted by Gasteiger charge is 2.30. The van der Waals surface area contributed by atoms with E-state index in [0.717, 1.165) is 24.8 Å². The molecule has 2 heteroatoms. The molecule has 0 aromatic carbocycles. The third-order valence-electron chi connectivity index (χ3n) is 3.33. The number of carboxylic acid groups (broad SMARTS) is 1. The van der Waals surface area contributed by atoms with Crippen LogP contribution >= 0.6 is 0 Å². The Bertz CT molecular complexity index is 274. The number of carboxylic acids is 1. The van der Waals surface area contributed by atoms with Crippen LogP contribution < -0.4 is 0 Å². The zero-order valence-electron chi connectivity index (χ0n) is 9.55. The van der Waals surface area contributed by atoms with Crippen LogP contribution in [0.4, 0.5) is 0 Å². The molecular formula is C12H20O2. The van der Waals surface area contributed by atoms with E-state index >= 15 is 0 Å². The first kappa shape index (κ1) is 11.3. The molecule has 1 unspecified atom stereocenters. The molecule has 0 radical (unpaired) electrons. The highest BCUT2D eigenvalue weighted by atomic mass is 16.4. The minimum absolute atomic E-state index is 0.377. The van der Waals surface area contributed by atoms with E-state index in [-0.39, 0.29) is 0 Å². The van der Waals surface area contributed by atoms with Crippen LogP contribution in [0.1, 0.15) is 47.0 Å². The van der Waals surface area contributed by atoms with Gasteiger partial charge in [0.1, 0.15) is 0 Å². The summed E-state index contributed by atoms with van der Waals surface area (Å²) in [4.78, 5) is 10.8. The Morgan fingerprint density at radius 1 is 1.50 bits per heavy atom. The molecule has 1 atom stereocenters. The van der Waals surface area contributed by atoms with Crippen LogP contribution in [0.25, 0.3) is 0 Å². The van der Waals surface area contributed by atoms with Gasteiger partial charge in [0.15, 0.2) is 0 Å². The third kappa shape index (κ3) is 2.37. The van der Waals surface area contributed by atoms with Gasteiger partial charge in [-0.2, -0.15) is 0 Å². The van der Waals surface area contributed by atoms with E-state index in [4.69, 9.17) is 5.11 Å². The Hall–Kier alpha value is -0.790. The molecule has 0 aliphatic heterocycles. The first-order chi connectivity index (χ1) is 6.33. The van der Waals surface area contributed by atoms with Crippen molar-refractivity contribution < 1.29 is 9.90 Å². The molecule has 0 amide bonds. The largest absolute Gasteiger partial charge is 0.478 e. The Morgan fingerprint density at radius 2 is 2.07 bits per heavy atom. The van der Waals surface area contributed by atoms with Crippen LogP contribution in [0.5, 0.6) is 0 Å². The fourth-order valence-electron chi connectivity index (χ4n) is 2.47. The molecule has 1 saturated carbocycles. The molecule has 0 heterocycles. The quantitative estimate of drug-likeness (QED) is 0.654. The molecule has 80 valence electrons. The maximum absolute atomic E-state index is 10.8. The van der Waals surface area contributed by atoms with Gasteiger partial charge in [0.2, 0.25) is 0 Å². The van der Waals surface area contributed by atoms with Gasteiger partial charge in [0, 0.05) is 5.57 Å². The normalized spacial score (nSPS) is 29.9. The molecule has 14 heavy (non-hydrogen) atoms. The Balaban J connectivity index is 2.86. The fourth-order valence-corrected chi connectivity index (χ4v) is 2.47. The molecule has 1 aliphatic rings. The number of hydrogen-bond acceptors (Lipinski definition) is 1. The number of aliphatic carboxylic acids is 1. The summed E-state index contributed by atoms with van der Waals surface area (Å²) < 4.78 is 0. The standard InChI is InChI=1S/C12H20O2/c1-8-7-12(3,4)6-5-10(8)9(2)11(13)14/h8H,5-7H2,1-4H3,(H,13,14)/b10-9+. The second-order valence-electron chi connectivity index (χ2n) is 5.22. The van der Waals surface area contributed by atoms with Crippen LogP contribution in [0, 0.1) is 11.3 Å². The van der Waals surface area contributed by atoms with Gasteiger partial charge in [0.25, 0.3) is 0 Å². The van der Waals surface area contributed by atoms with Gasteiger partial charge in [-0.25, -0.2) is 4.79 Å². The predicted molar refractivity (Wildman–Crippen MR) is 57.1 cm³/mol. The molecule has 0 bridgehead atoms. The summed E-state index contributed by atoms with van der Waals surface area (Å²) in [5.41, 5.74) is 2.09. The van der Waals surface area contributed by atoms with Crippen molar-refractivity contribution in [2.75, 3.05) is 0 Å². The van der Waals surface area contributed by atoms with Crippen molar-refractivity contribution in [2.45, 2.75) is 47.0 Å². The molecule has 1 aliphatic carbocycles. The summed E-state index contributed by atoms with van der Waals surface area (Å²) in [6.07, 6.45) is 3.16. The van der Waals surface area contributed by atoms with Crippen molar-refractivity contribution >= 4 is 5.97 Å². The van der Waals surface area contributed by atoms with Gasteiger partial charge in [-0.15, -0.1) is 0 Å². The van der Waals surface area contributed by atoms with Gasteiger partial charge in [-0.05, 0) is 37.5 Å². The van der Waals surface area contributed by atoms with Gasteiger partial charge < -0.3 is 5.11 Å². The van der Waals surface area contributed by atoms with Crippen molar-refractivity contribution in [3.05, 3.63) is 11.1 Å². The van der Waals surface area contributed by atoms with Crippen LogP contribution in [0.15, 0.2) is 11.1 Å². The van der Waals surface area contributed by atoms with E-state index in [1.807, 2.05) is 0 Å². The molecule has 0 spiro atoms. The Morgan fingerprint density at radius 3 is 2.50 bits per heavy atom. The second kappa shape index (κ2) is 3.76. The molecule has 0 aromatic rings. The first-order valence-corrected chi connectivity index (χ1v) is 5.26. The Labute approximate surface area is 86.0 Å². The van der Waals surface area contributed by atoms with E-state index in [1.165, 1.54) is 0 Å². The second-order valence-corrected chi connectivity index (χ2v) is 5.22. The summed E-state index contributed by atoms with van der Waals surface area (Å²) in [7, 11) is 0. The zero-order chi connectivity index (χ0) is 10.9. The van der Waals surface area contributed by atoms with Crippen LogP contribution in [0.2, 0.25) is 0 Å². The predicted octanol–water partition coefficient (Wildman–Crippen LogP) is 3.23. The minimum atomic E-state index is -0.758. The number of hydrogen-bond donors (Lipinski definition) is 1. The van der Waals surface area contributed by atoms with Crippen molar-refractivity contribution in [1.29, 1.82) is 0 Å². The van der Waals surface area contributed by atoms with E-state index in [2.05, 4.69) is 20.8 Å². The lowest BCUT2D eigenvalue weighted by atomic mass is 9.69. The minimum Gasteiger partial charge on any atom is -0.478 e. The van der Waals surface area contributed by atoms with E-state index < -0.39 is 5.97 Å². The SMILES string of the molecule is C/C(C(=O)O)=C1/CCC(C)(C)CC1C. The lowest BCUT2D eigenvalue weighted by Gasteiger charge is -2.36. The summed E-state index contributed by atoms with van der Waals surface area (Å²) >= 11 is 0. The molecule has 0 aromatic heterocycles. The maximum atomic E-state index is 10.8. The van der Waals surface area contributed by atoms with Crippen LogP contribution in [0.3, 0.4) is 0 Å². The van der Waals surface area contributed by atoms with Gasteiger partial charge >= 0.3 is 5.97 Å². The summed E-state index contributed by atoms with van der Waals surface area (Å²) in [5.74, 6) is -0.332. The van der Waals surface area contributed by atoms with Crippen molar-refractivity contribution in [1.82, 2.24) is 0 Å². The zero-order valence-corrected chi connectivity index (χ0v) is 9.55. The van der Waals surface area contributed by atoms with E-state index in [0.29, 0.717) is 16.9 Å². The molecule has 1 fully saturated rings. The summed E-state index contributed by atoms with van der Waals surface area (Å²) in [6, 6.07) is 0. The highest BCUT2D eigenvalue weighted by Crippen LogP contribution is 2.42. The smallest absolute Gasteiger partial charge is 0.331 e. The molecule has 1 rings (SSSR count). The lowest BCUT2D eigenvalue weighted by molar-refractivity contribution is -0.132. The topological polar surface area (TPSA) is 37.3 Å². The number of rotatable bonds is 1. The van der Waals surface area contributed by atoms with Crippen molar-refractivity contribution in [3.63, 3.8) is 0 Å². The summed E-state index contributed by atoms with van der Waals surface area (Å²) in [6.45, 7) is 8.39. The van der Waals surface area contributed by atoms with Gasteiger partial charge in [0.05, 0.1) is 0 Å². The Kier molecular flexibility index (Phi) is 3.03. The molecular weight excluding hydrogens is 176 g/mol. The molecule has 2 nitrogen and oxygen atoms in total. The van der Waals surface area contributed by atoms with Crippen molar-refractivity contribution in [2.24, 2.45) is 11.3 Å². The lowest BCUT2D eigenvalue weighted by Crippen LogP contribution is -2.24. The third-order valence-corrected chi connectivity index (χ3v) is 3.33. The average molecular weight is 196 g/mol. The monoisotopic (exact) mass is 196 g/mol. The van der Waals surface area contributed by atoms with Gasteiger partial charge in [-0.1, -0.05) is 26.3 Å². The number of carbonyl (C=O) groups is 1. The van der Waals surface area contributed by atoms with Crippen molar-refractivity contribution in [3.8, 4) is 0 Å². The van der Waals surface area contributed by atoms with Gasteiger partial charge in [-0.3, -0.25) is 0 Å². The first-order valence-electron chi connectivity index (χ1n) is 5.26. The summed E-state index contributed by atoms with van der Waals surface area (Å²) in [5, 5.41) is 8.92. The van der Waals surface area contributed by atoms with Crippen LogP contribution in [-0.2, 0) is 4.79 Å². The van der Waals surface area contributed by atoms with E-state index in [1.54, 1.807) is 6.92 Å². The molecule has 1 N–H and O–H groups in total. The van der Waals surface area contributed by atoms with E-state index in [9.17, 15) is 4.79 Å². The maximum Gasteiger partial charge on any atom is 0.331 e. The average Bonchev–Trinajstić information content (AvgIpc) is 2.01. The van der Waals surface area contributed by atoms with Crippen LogP contribution in [-0.4, -0.2) is 11.1 Å². The number of allylic oxidation sites excluding steroid dienone is 1. The highest BCUT2D eigenvalue weighted by molar-refractivity contribution is 5.86. The fraction of sp³-hybridized carbons (Fsp3) is 0.750.